The molecule has 20 heavy (non-hydrogen) atoms. The maximum atomic E-state index is 13.0. The molecule has 110 valence electrons. The summed E-state index contributed by atoms with van der Waals surface area (Å²) in [4.78, 5) is 14.6. The van der Waals surface area contributed by atoms with Gasteiger partial charge in [-0.1, -0.05) is 11.6 Å². The first-order chi connectivity index (χ1) is 9.34. The second kappa shape index (κ2) is 5.78. The second-order valence-electron chi connectivity index (χ2n) is 4.77. The first-order valence-electron chi connectivity index (χ1n) is 6.16. The minimum atomic E-state index is -2.59. The lowest BCUT2D eigenvalue weighted by molar-refractivity contribution is -0.0361. The average molecular weight is 306 g/mol. The number of halogens is 3. The molecule has 0 atom stereocenters. The Hall–Kier alpha value is -1.63. The number of alkyl halides is 2. The molecule has 3 N–H and O–H groups in total. The van der Waals surface area contributed by atoms with Gasteiger partial charge in [0.15, 0.2) is 0 Å². The Bertz CT molecular complexity index is 503. The van der Waals surface area contributed by atoms with Crippen molar-refractivity contribution in [2.45, 2.75) is 37.6 Å². The predicted molar refractivity (Wildman–Crippen MR) is 71.7 cm³/mol. The highest BCUT2D eigenvalue weighted by atomic mass is 35.5. The van der Waals surface area contributed by atoms with E-state index in [2.05, 4.69) is 15.6 Å². The number of hydrogen-bond acceptors (Lipinski definition) is 3. The average Bonchev–Trinajstić information content (AvgIpc) is 2.30. The van der Waals surface area contributed by atoms with Gasteiger partial charge < -0.3 is 10.4 Å². The number of carboxylic acid groups (broad SMARTS) is 1. The van der Waals surface area contributed by atoms with Crippen LogP contribution >= 0.6 is 11.6 Å². The normalized spacial score (nSPS) is 18.6. The van der Waals surface area contributed by atoms with Gasteiger partial charge in [-0.25, -0.2) is 18.6 Å². The van der Waals surface area contributed by atoms with Gasteiger partial charge in [0.25, 0.3) is 0 Å². The number of rotatable bonds is 3. The van der Waals surface area contributed by atoms with Crippen LogP contribution in [-0.4, -0.2) is 28.1 Å². The lowest BCUT2D eigenvalue weighted by Crippen LogP contribution is -2.32. The van der Waals surface area contributed by atoms with E-state index >= 15 is 0 Å². The molecule has 1 aliphatic carbocycles. The van der Waals surface area contributed by atoms with Gasteiger partial charge in [0.1, 0.15) is 11.0 Å². The smallest absolute Gasteiger partial charge is 0.409 e. The molecule has 0 radical (unpaired) electrons. The van der Waals surface area contributed by atoms with E-state index < -0.39 is 12.0 Å². The molecular weight excluding hydrogens is 292 g/mol. The first kappa shape index (κ1) is 14.8. The lowest BCUT2D eigenvalue weighted by Gasteiger charge is -2.29. The molecule has 0 unspecified atom stereocenters. The van der Waals surface area contributed by atoms with Crippen LogP contribution in [0.1, 0.15) is 25.7 Å². The molecule has 1 aliphatic rings. The van der Waals surface area contributed by atoms with Crippen LogP contribution in [0.25, 0.3) is 0 Å². The van der Waals surface area contributed by atoms with Crippen LogP contribution in [0.5, 0.6) is 0 Å². The van der Waals surface area contributed by atoms with E-state index in [0.29, 0.717) is 18.7 Å². The predicted octanol–water partition coefficient (Wildman–Crippen LogP) is 3.81. The number of pyridine rings is 1. The Balaban J connectivity index is 2.02. The molecule has 0 aromatic carbocycles. The third kappa shape index (κ3) is 4.19. The summed E-state index contributed by atoms with van der Waals surface area (Å²) in [5.41, 5.74) is 0.279. The summed E-state index contributed by atoms with van der Waals surface area (Å²) in [6.07, 6.45) is -0.863. The summed E-state index contributed by atoms with van der Waals surface area (Å²) < 4.78 is 26.1. The zero-order chi connectivity index (χ0) is 14.8. The largest absolute Gasteiger partial charge is 0.465 e. The number of nitrogens with zero attached hydrogens (tertiary/aromatic N) is 1. The van der Waals surface area contributed by atoms with Gasteiger partial charge in [0.05, 0.1) is 5.69 Å². The van der Waals surface area contributed by atoms with E-state index in [9.17, 15) is 13.6 Å². The molecule has 1 fully saturated rings. The maximum Gasteiger partial charge on any atom is 0.409 e. The fourth-order valence-corrected chi connectivity index (χ4v) is 2.37. The van der Waals surface area contributed by atoms with Crippen molar-refractivity contribution in [2.24, 2.45) is 0 Å². The zero-order valence-corrected chi connectivity index (χ0v) is 11.3. The van der Waals surface area contributed by atoms with Gasteiger partial charge in [0.2, 0.25) is 5.92 Å². The van der Waals surface area contributed by atoms with Crippen molar-refractivity contribution in [1.29, 1.82) is 0 Å². The molecule has 0 saturated heterocycles. The van der Waals surface area contributed by atoms with E-state index in [1.54, 1.807) is 0 Å². The summed E-state index contributed by atoms with van der Waals surface area (Å²) in [5.74, 6) is -2.22. The Labute approximate surface area is 119 Å². The summed E-state index contributed by atoms with van der Waals surface area (Å²) in [7, 11) is 0. The molecule has 8 heteroatoms. The Morgan fingerprint density at radius 1 is 1.40 bits per heavy atom. The van der Waals surface area contributed by atoms with Gasteiger partial charge in [-0.05, 0) is 18.9 Å². The fourth-order valence-electron chi connectivity index (χ4n) is 2.16. The minimum absolute atomic E-state index is 0.113. The van der Waals surface area contributed by atoms with Crippen molar-refractivity contribution < 1.29 is 18.7 Å². The quantitative estimate of drug-likeness (QED) is 0.742. The first-order valence-corrected chi connectivity index (χ1v) is 6.54. The molecule has 2 rings (SSSR count). The Morgan fingerprint density at radius 3 is 2.65 bits per heavy atom. The summed E-state index contributed by atoms with van der Waals surface area (Å²) in [6.45, 7) is 0. The summed E-state index contributed by atoms with van der Waals surface area (Å²) in [5, 5.41) is 14.0. The molecule has 1 amide bonds. The van der Waals surface area contributed by atoms with Gasteiger partial charge in [-0.15, -0.1) is 0 Å². The number of hydrogen-bond donors (Lipinski definition) is 3. The molecule has 1 aromatic rings. The van der Waals surface area contributed by atoms with Crippen LogP contribution in [0, 0.1) is 0 Å². The van der Waals surface area contributed by atoms with Crippen LogP contribution in [-0.2, 0) is 0 Å². The van der Waals surface area contributed by atoms with Crippen LogP contribution in [0.2, 0.25) is 5.15 Å². The molecule has 1 aromatic heterocycles. The molecular formula is C12H14ClF2N3O2. The molecule has 1 heterocycles. The van der Waals surface area contributed by atoms with E-state index in [-0.39, 0.29) is 29.7 Å². The molecule has 0 bridgehead atoms. The zero-order valence-electron chi connectivity index (χ0n) is 10.5. The van der Waals surface area contributed by atoms with Gasteiger partial charge in [-0.3, -0.25) is 5.32 Å². The highest BCUT2D eigenvalue weighted by molar-refractivity contribution is 6.29. The van der Waals surface area contributed by atoms with Crippen LogP contribution < -0.4 is 10.6 Å². The number of aromatic nitrogens is 1. The van der Waals surface area contributed by atoms with Crippen molar-refractivity contribution in [1.82, 2.24) is 4.98 Å². The van der Waals surface area contributed by atoms with Crippen LogP contribution in [0.3, 0.4) is 0 Å². The fraction of sp³-hybridized carbons (Fsp3) is 0.500. The van der Waals surface area contributed by atoms with E-state index in [1.165, 1.54) is 12.1 Å². The van der Waals surface area contributed by atoms with E-state index in [4.69, 9.17) is 16.7 Å². The van der Waals surface area contributed by atoms with Crippen LogP contribution in [0.15, 0.2) is 12.1 Å². The Morgan fingerprint density at radius 2 is 2.05 bits per heavy atom. The number of anilines is 2. The number of nitrogens with one attached hydrogen (secondary N) is 2. The third-order valence-corrected chi connectivity index (χ3v) is 3.31. The Kier molecular flexibility index (Phi) is 4.27. The van der Waals surface area contributed by atoms with Crippen LogP contribution in [0.4, 0.5) is 25.1 Å². The van der Waals surface area contributed by atoms with Crippen molar-refractivity contribution in [3.8, 4) is 0 Å². The topological polar surface area (TPSA) is 74.2 Å². The van der Waals surface area contributed by atoms with Gasteiger partial charge in [0, 0.05) is 24.9 Å². The van der Waals surface area contributed by atoms with Crippen molar-refractivity contribution in [3.63, 3.8) is 0 Å². The van der Waals surface area contributed by atoms with Gasteiger partial charge >= 0.3 is 6.09 Å². The van der Waals surface area contributed by atoms with E-state index in [0.717, 1.165) is 0 Å². The van der Waals surface area contributed by atoms with Crippen molar-refractivity contribution in [2.75, 3.05) is 10.6 Å². The number of amides is 1. The molecule has 5 nitrogen and oxygen atoms in total. The van der Waals surface area contributed by atoms with Gasteiger partial charge in [-0.2, -0.15) is 0 Å². The molecule has 0 aliphatic heterocycles. The highest BCUT2D eigenvalue weighted by Crippen LogP contribution is 2.34. The third-order valence-electron chi connectivity index (χ3n) is 3.11. The van der Waals surface area contributed by atoms with Crippen molar-refractivity contribution >= 4 is 29.2 Å². The highest BCUT2D eigenvalue weighted by Gasteiger charge is 2.34. The maximum absolute atomic E-state index is 13.0. The van der Waals surface area contributed by atoms with E-state index in [1.807, 2.05) is 0 Å². The monoisotopic (exact) mass is 305 g/mol. The summed E-state index contributed by atoms with van der Waals surface area (Å²) in [6, 6.07) is 2.74. The van der Waals surface area contributed by atoms with Crippen molar-refractivity contribution in [3.05, 3.63) is 17.3 Å². The standard InChI is InChI=1S/C12H14ClF2N3O2/c13-9-5-8(17-11(19)20)6-10(18-9)16-7-1-3-12(14,15)4-2-7/h5-7H,1-4H2,(H,19,20)(H2,16,17,18). The SMILES string of the molecule is O=C(O)Nc1cc(Cl)nc(NC2CCC(F)(F)CC2)c1. The second-order valence-corrected chi connectivity index (χ2v) is 5.16. The number of carbonyl (C=O) groups is 1. The summed E-state index contributed by atoms with van der Waals surface area (Å²) >= 11 is 5.79. The minimum Gasteiger partial charge on any atom is -0.465 e. The lowest BCUT2D eigenvalue weighted by atomic mass is 9.92. The molecule has 1 saturated carbocycles. The molecule has 0 spiro atoms.